The highest BCUT2D eigenvalue weighted by atomic mass is 32.1. The minimum Gasteiger partial charge on any atom is -0.488 e. The first-order chi connectivity index (χ1) is 13.0. The zero-order valence-corrected chi connectivity index (χ0v) is 15.6. The summed E-state index contributed by atoms with van der Waals surface area (Å²) in [4.78, 5) is 18.4. The first kappa shape index (κ1) is 17.8. The molecule has 1 aromatic carbocycles. The third-order valence-electron chi connectivity index (χ3n) is 4.97. The van der Waals surface area contributed by atoms with Crippen molar-refractivity contribution in [1.82, 2.24) is 9.88 Å². The number of ether oxygens (including phenoxy) is 2. The van der Waals surface area contributed by atoms with Crippen LogP contribution in [0.1, 0.15) is 23.3 Å². The Labute approximate surface area is 160 Å². The number of hydrogen-bond donors (Lipinski definition) is 1. The molecule has 2 heterocycles. The van der Waals surface area contributed by atoms with Crippen LogP contribution in [0.15, 0.2) is 24.4 Å². The van der Waals surface area contributed by atoms with E-state index >= 15 is 0 Å². The average Bonchev–Trinajstić information content (AvgIpc) is 3.28. The fraction of sp³-hybridized carbons (Fsp3) is 0.421. The average molecular weight is 385 g/mol. The van der Waals surface area contributed by atoms with Gasteiger partial charge in [-0.1, -0.05) is 0 Å². The van der Waals surface area contributed by atoms with Crippen LogP contribution in [0.3, 0.4) is 0 Å². The molecule has 8 heteroatoms. The van der Waals surface area contributed by atoms with E-state index in [0.717, 1.165) is 15.4 Å². The number of rotatable bonds is 3. The van der Waals surface area contributed by atoms with E-state index in [0.29, 0.717) is 37.3 Å². The van der Waals surface area contributed by atoms with Gasteiger partial charge in [0.25, 0.3) is 0 Å². The monoisotopic (exact) mass is 385 g/mol. The van der Waals surface area contributed by atoms with Crippen molar-refractivity contribution in [2.45, 2.75) is 38.0 Å². The molecule has 7 nitrogen and oxygen atoms in total. The summed E-state index contributed by atoms with van der Waals surface area (Å²) >= 11 is 1.56. The first-order valence-electron chi connectivity index (χ1n) is 8.81. The molecule has 1 aromatic heterocycles. The Bertz CT molecular complexity index is 907. The molecule has 1 N–H and O–H groups in total. The lowest BCUT2D eigenvalue weighted by atomic mass is 10.1. The fourth-order valence-corrected chi connectivity index (χ4v) is 4.55. The predicted molar refractivity (Wildman–Crippen MR) is 98.9 cm³/mol. The highest BCUT2D eigenvalue weighted by Crippen LogP contribution is 2.35. The van der Waals surface area contributed by atoms with Gasteiger partial charge in [0.1, 0.15) is 23.0 Å². The molecule has 0 spiro atoms. The maximum Gasteiger partial charge on any atom is 0.407 e. The number of morpholine rings is 1. The number of thiazole rings is 1. The van der Waals surface area contributed by atoms with Crippen molar-refractivity contribution in [3.63, 3.8) is 0 Å². The molecule has 1 saturated heterocycles. The van der Waals surface area contributed by atoms with Crippen LogP contribution in [0.2, 0.25) is 0 Å². The standard InChI is InChI=1S/C19H19N3O4S/c1-11-10-21-18(27-11)13-6-12(9-20)7-14(8-13)26-16-3-2-15-17(16)25-5-4-22(15)19(23)24/h6-8,10,15-17H,2-5H2,1H3,(H,23,24)/t15-,16-,17+/m0/s1. The number of aromatic nitrogens is 1. The molecule has 2 aromatic rings. The van der Waals surface area contributed by atoms with Gasteiger partial charge in [-0.2, -0.15) is 5.26 Å². The van der Waals surface area contributed by atoms with Gasteiger partial charge in [-0.25, -0.2) is 9.78 Å². The van der Waals surface area contributed by atoms with Crippen molar-refractivity contribution >= 4 is 17.4 Å². The zero-order valence-electron chi connectivity index (χ0n) is 14.8. The van der Waals surface area contributed by atoms with Gasteiger partial charge >= 0.3 is 6.09 Å². The van der Waals surface area contributed by atoms with E-state index in [1.165, 1.54) is 4.90 Å². The number of benzene rings is 1. The van der Waals surface area contributed by atoms with E-state index in [4.69, 9.17) is 9.47 Å². The van der Waals surface area contributed by atoms with E-state index in [9.17, 15) is 15.2 Å². The topological polar surface area (TPSA) is 95.7 Å². The van der Waals surface area contributed by atoms with Gasteiger partial charge in [0.2, 0.25) is 0 Å². The molecule has 0 unspecified atom stereocenters. The smallest absolute Gasteiger partial charge is 0.407 e. The Morgan fingerprint density at radius 1 is 1.44 bits per heavy atom. The number of carboxylic acid groups (broad SMARTS) is 1. The van der Waals surface area contributed by atoms with Gasteiger partial charge in [0, 0.05) is 23.2 Å². The minimum atomic E-state index is -0.915. The van der Waals surface area contributed by atoms with Crippen molar-refractivity contribution in [2.24, 2.45) is 0 Å². The molecule has 140 valence electrons. The first-order valence-corrected chi connectivity index (χ1v) is 9.62. The van der Waals surface area contributed by atoms with Crippen LogP contribution in [-0.4, -0.2) is 52.5 Å². The van der Waals surface area contributed by atoms with Crippen molar-refractivity contribution in [3.8, 4) is 22.4 Å². The summed E-state index contributed by atoms with van der Waals surface area (Å²) in [7, 11) is 0. The Kier molecular flexibility index (Phi) is 4.72. The maximum atomic E-state index is 11.4. The van der Waals surface area contributed by atoms with E-state index in [1.807, 2.05) is 13.0 Å². The van der Waals surface area contributed by atoms with Gasteiger partial charge in [-0.05, 0) is 38.0 Å². The van der Waals surface area contributed by atoms with Gasteiger partial charge in [-0.15, -0.1) is 11.3 Å². The quantitative estimate of drug-likeness (QED) is 0.871. The van der Waals surface area contributed by atoms with Gasteiger partial charge in [0.05, 0.1) is 24.3 Å². The Hall–Kier alpha value is -2.63. The summed E-state index contributed by atoms with van der Waals surface area (Å²) in [5.74, 6) is 0.582. The van der Waals surface area contributed by atoms with E-state index in [-0.39, 0.29) is 18.2 Å². The highest BCUT2D eigenvalue weighted by Gasteiger charge is 2.45. The second kappa shape index (κ2) is 7.18. The molecule has 1 aliphatic heterocycles. The Morgan fingerprint density at radius 2 is 2.30 bits per heavy atom. The molecule has 1 saturated carbocycles. The number of carbonyl (C=O) groups is 1. The SMILES string of the molecule is Cc1cnc(-c2cc(C#N)cc(O[C@H]3CC[C@H]4[C@H]3OCCN4C(=O)O)c2)s1. The number of hydrogen-bond acceptors (Lipinski definition) is 6. The van der Waals surface area contributed by atoms with E-state index in [1.54, 1.807) is 29.7 Å². The van der Waals surface area contributed by atoms with Crippen molar-refractivity contribution < 1.29 is 19.4 Å². The lowest BCUT2D eigenvalue weighted by Crippen LogP contribution is -2.53. The van der Waals surface area contributed by atoms with Gasteiger partial charge < -0.3 is 19.5 Å². The molecular formula is C19H19N3O4S. The van der Waals surface area contributed by atoms with Gasteiger partial charge in [-0.3, -0.25) is 0 Å². The van der Waals surface area contributed by atoms with Crippen LogP contribution in [0, 0.1) is 18.3 Å². The number of aryl methyl sites for hydroxylation is 1. The molecule has 1 aliphatic carbocycles. The molecule has 4 rings (SSSR count). The molecule has 1 amide bonds. The summed E-state index contributed by atoms with van der Waals surface area (Å²) in [6.07, 6.45) is 1.78. The molecule has 0 bridgehead atoms. The lowest BCUT2D eigenvalue weighted by Gasteiger charge is -2.37. The van der Waals surface area contributed by atoms with Crippen molar-refractivity contribution in [3.05, 3.63) is 34.8 Å². The van der Waals surface area contributed by atoms with Crippen molar-refractivity contribution in [1.29, 1.82) is 5.26 Å². The molecule has 3 atom stereocenters. The molecule has 27 heavy (non-hydrogen) atoms. The van der Waals surface area contributed by atoms with Crippen LogP contribution in [0.5, 0.6) is 5.75 Å². The van der Waals surface area contributed by atoms with E-state index in [2.05, 4.69) is 11.1 Å². The lowest BCUT2D eigenvalue weighted by molar-refractivity contribution is -0.0806. The highest BCUT2D eigenvalue weighted by molar-refractivity contribution is 7.14. The summed E-state index contributed by atoms with van der Waals surface area (Å²) in [6.45, 7) is 2.75. The van der Waals surface area contributed by atoms with Gasteiger partial charge in [0.15, 0.2) is 0 Å². The summed E-state index contributed by atoms with van der Waals surface area (Å²) < 4.78 is 12.0. The largest absolute Gasteiger partial charge is 0.488 e. The Morgan fingerprint density at radius 3 is 3.00 bits per heavy atom. The second-order valence-corrected chi connectivity index (χ2v) is 7.98. The second-order valence-electron chi connectivity index (χ2n) is 6.75. The molecule has 2 fully saturated rings. The van der Waals surface area contributed by atoms with Crippen LogP contribution < -0.4 is 4.74 Å². The van der Waals surface area contributed by atoms with E-state index < -0.39 is 6.09 Å². The number of amides is 1. The Balaban J connectivity index is 1.58. The molecule has 2 aliphatic rings. The van der Waals surface area contributed by atoms with Crippen LogP contribution >= 0.6 is 11.3 Å². The summed E-state index contributed by atoms with van der Waals surface area (Å²) in [6, 6.07) is 7.37. The van der Waals surface area contributed by atoms with Crippen LogP contribution in [-0.2, 0) is 4.74 Å². The maximum absolute atomic E-state index is 11.4. The summed E-state index contributed by atoms with van der Waals surface area (Å²) in [5.41, 5.74) is 1.34. The summed E-state index contributed by atoms with van der Waals surface area (Å²) in [5, 5.41) is 19.6. The molecule has 0 radical (unpaired) electrons. The fourth-order valence-electron chi connectivity index (χ4n) is 3.80. The molecular weight excluding hydrogens is 366 g/mol. The zero-order chi connectivity index (χ0) is 19.0. The van der Waals surface area contributed by atoms with Crippen LogP contribution in [0.25, 0.3) is 10.6 Å². The predicted octanol–water partition coefficient (Wildman–Crippen LogP) is 3.28. The minimum absolute atomic E-state index is 0.179. The number of nitrogens with zero attached hydrogens (tertiary/aromatic N) is 3. The third kappa shape index (κ3) is 3.48. The normalized spacial score (nSPS) is 24.3. The van der Waals surface area contributed by atoms with Crippen LogP contribution in [0.4, 0.5) is 4.79 Å². The van der Waals surface area contributed by atoms with Crippen molar-refractivity contribution in [2.75, 3.05) is 13.2 Å². The number of nitriles is 1. The number of fused-ring (bicyclic) bond motifs is 1. The third-order valence-corrected chi connectivity index (χ3v) is 5.93.